The Bertz CT molecular complexity index is 1330. The molecule has 1 heterocycles. The number of halogens is 1. The van der Waals surface area contributed by atoms with Gasteiger partial charge < -0.3 is 5.32 Å². The first-order chi connectivity index (χ1) is 15.8. The number of amides is 2. The fourth-order valence-corrected chi connectivity index (χ4v) is 5.50. The Kier molecular flexibility index (Phi) is 6.04. The van der Waals surface area contributed by atoms with Crippen LogP contribution in [0.4, 0.5) is 14.9 Å². The molecule has 2 aromatic carbocycles. The number of hydrogen-bond donors (Lipinski definition) is 1. The number of rotatable bonds is 5. The maximum Gasteiger partial charge on any atom is 0.327 e. The maximum atomic E-state index is 13.3. The Morgan fingerprint density at radius 1 is 1.18 bits per heavy atom. The number of sulfone groups is 1. The van der Waals surface area contributed by atoms with Crippen molar-refractivity contribution < 1.29 is 22.4 Å². The molecule has 0 fully saturated rings. The molecule has 2 amide bonds. The van der Waals surface area contributed by atoms with E-state index in [1.54, 1.807) is 24.3 Å². The molecule has 0 saturated carbocycles. The molecule has 1 aliphatic heterocycles. The zero-order valence-electron chi connectivity index (χ0n) is 18.0. The second kappa shape index (κ2) is 8.79. The van der Waals surface area contributed by atoms with Crippen molar-refractivity contribution in [3.8, 4) is 6.07 Å². The predicted octanol–water partition coefficient (Wildman–Crippen LogP) is 4.10. The van der Waals surface area contributed by atoms with E-state index < -0.39 is 28.6 Å². The molecule has 1 N–H and O–H groups in total. The van der Waals surface area contributed by atoms with E-state index in [0.717, 1.165) is 0 Å². The average Bonchev–Trinajstić information content (AvgIpc) is 2.83. The Balaban J connectivity index is 1.93. The summed E-state index contributed by atoms with van der Waals surface area (Å²) in [5.74, 6) is -0.380. The van der Waals surface area contributed by atoms with Crippen LogP contribution in [0, 0.1) is 11.3 Å². The molecule has 170 valence electrons. The van der Waals surface area contributed by atoms with E-state index in [-0.39, 0.29) is 34.0 Å². The largest absolute Gasteiger partial charge is 0.327 e. The van der Waals surface area contributed by atoms with Gasteiger partial charge in [0.1, 0.15) is 6.67 Å². The van der Waals surface area contributed by atoms with Crippen LogP contribution in [0.25, 0.3) is 0 Å². The first-order valence-electron chi connectivity index (χ1n) is 10.6. The van der Waals surface area contributed by atoms with Crippen molar-refractivity contribution in [3.05, 3.63) is 70.4 Å². The molecule has 1 aliphatic carbocycles. The minimum absolute atomic E-state index is 0.0764. The fraction of sp³-hybridized carbons (Fsp3) is 0.292. The number of nitrogens with one attached hydrogen (secondary N) is 1. The molecule has 2 aliphatic rings. The smallest absolute Gasteiger partial charge is 0.326 e. The van der Waals surface area contributed by atoms with Crippen molar-refractivity contribution >= 4 is 27.3 Å². The summed E-state index contributed by atoms with van der Waals surface area (Å²) >= 11 is 0. The highest BCUT2D eigenvalue weighted by atomic mass is 32.2. The molecule has 0 saturated heterocycles. The van der Waals surface area contributed by atoms with Gasteiger partial charge in [-0.3, -0.25) is 9.69 Å². The minimum Gasteiger partial charge on any atom is -0.326 e. The second-order valence-electron chi connectivity index (χ2n) is 7.93. The Hall–Kier alpha value is -3.51. The number of benzene rings is 2. The summed E-state index contributed by atoms with van der Waals surface area (Å²) in [7, 11) is -3.75. The molecule has 2 aromatic rings. The van der Waals surface area contributed by atoms with Gasteiger partial charge in [-0.05, 0) is 48.2 Å². The number of carbonyl (C=O) groups is 2. The normalized spacial score (nSPS) is 18.6. The van der Waals surface area contributed by atoms with E-state index in [9.17, 15) is 27.7 Å². The molecule has 1 atom stereocenters. The number of Topliss-reactive ketones (excluding diaryl/α,β-unsaturated/α-hetero) is 1. The topological polar surface area (TPSA) is 107 Å². The van der Waals surface area contributed by atoms with E-state index >= 15 is 0 Å². The van der Waals surface area contributed by atoms with Crippen LogP contribution in [0.5, 0.6) is 0 Å². The van der Waals surface area contributed by atoms with Gasteiger partial charge in [-0.1, -0.05) is 25.1 Å². The van der Waals surface area contributed by atoms with Gasteiger partial charge in [0.2, 0.25) is 0 Å². The van der Waals surface area contributed by atoms with E-state index in [0.29, 0.717) is 35.4 Å². The van der Waals surface area contributed by atoms with Crippen molar-refractivity contribution in [2.45, 2.75) is 43.8 Å². The summed E-state index contributed by atoms with van der Waals surface area (Å²) in [6.45, 7) is 0.800. The molecule has 7 nitrogen and oxygen atoms in total. The monoisotopic (exact) mass is 467 g/mol. The number of hydrogen-bond acceptors (Lipinski definition) is 5. The van der Waals surface area contributed by atoms with Gasteiger partial charge in [-0.2, -0.15) is 5.26 Å². The van der Waals surface area contributed by atoms with Gasteiger partial charge in [-0.25, -0.2) is 17.6 Å². The van der Waals surface area contributed by atoms with Crippen LogP contribution in [0.3, 0.4) is 0 Å². The van der Waals surface area contributed by atoms with Crippen LogP contribution >= 0.6 is 0 Å². The number of allylic oxidation sites excluding steroid dienone is 1. The number of nitrogens with zero attached hydrogens (tertiary/aromatic N) is 2. The molecule has 4 rings (SSSR count). The summed E-state index contributed by atoms with van der Waals surface area (Å²) in [5, 5.41) is 12.1. The van der Waals surface area contributed by atoms with Crippen molar-refractivity contribution in [1.29, 1.82) is 5.26 Å². The molecular weight excluding hydrogens is 445 g/mol. The minimum atomic E-state index is -3.75. The van der Waals surface area contributed by atoms with Crippen molar-refractivity contribution in [3.63, 3.8) is 0 Å². The predicted molar refractivity (Wildman–Crippen MR) is 120 cm³/mol. The Labute approximate surface area is 191 Å². The van der Waals surface area contributed by atoms with Crippen LogP contribution in [-0.4, -0.2) is 26.0 Å². The fourth-order valence-electron chi connectivity index (χ4n) is 4.34. The first-order valence-corrected chi connectivity index (χ1v) is 12.2. The first kappa shape index (κ1) is 22.7. The second-order valence-corrected chi connectivity index (χ2v) is 10.2. The van der Waals surface area contributed by atoms with Gasteiger partial charge in [0.05, 0.1) is 34.0 Å². The van der Waals surface area contributed by atoms with Gasteiger partial charge in [0.15, 0.2) is 15.6 Å². The van der Waals surface area contributed by atoms with Gasteiger partial charge in [0.25, 0.3) is 0 Å². The van der Waals surface area contributed by atoms with Gasteiger partial charge >= 0.3 is 6.03 Å². The molecule has 33 heavy (non-hydrogen) atoms. The lowest BCUT2D eigenvalue weighted by atomic mass is 9.84. The molecule has 0 aromatic heterocycles. The van der Waals surface area contributed by atoms with E-state index in [1.807, 2.05) is 6.07 Å². The highest BCUT2D eigenvalue weighted by Gasteiger charge is 2.41. The van der Waals surface area contributed by atoms with E-state index in [1.165, 1.54) is 30.0 Å². The van der Waals surface area contributed by atoms with Crippen LogP contribution in [0.1, 0.15) is 48.9 Å². The van der Waals surface area contributed by atoms with Crippen LogP contribution in [0.2, 0.25) is 0 Å². The zero-order valence-corrected chi connectivity index (χ0v) is 18.8. The lowest BCUT2D eigenvalue weighted by Gasteiger charge is -2.39. The number of urea groups is 1. The number of anilines is 1. The zero-order chi connectivity index (χ0) is 23.8. The lowest BCUT2D eigenvalue weighted by molar-refractivity contribution is -0.116. The molecule has 9 heteroatoms. The van der Waals surface area contributed by atoms with Crippen LogP contribution in [0.15, 0.2) is 58.6 Å². The van der Waals surface area contributed by atoms with Crippen molar-refractivity contribution in [1.82, 2.24) is 5.32 Å². The number of ketones is 1. The summed E-state index contributed by atoms with van der Waals surface area (Å²) in [6, 6.07) is 11.1. The number of alkyl halides is 1. The van der Waals surface area contributed by atoms with Crippen molar-refractivity contribution in [2.24, 2.45) is 0 Å². The number of nitriles is 1. The highest BCUT2D eigenvalue weighted by molar-refractivity contribution is 7.91. The Morgan fingerprint density at radius 2 is 1.97 bits per heavy atom. The summed E-state index contributed by atoms with van der Waals surface area (Å²) in [6.07, 6.45) is 1.26. The molecule has 0 bridgehead atoms. The van der Waals surface area contributed by atoms with Crippen molar-refractivity contribution in [2.75, 3.05) is 10.7 Å². The summed E-state index contributed by atoms with van der Waals surface area (Å²) in [4.78, 5) is 27.6. The molecule has 0 spiro atoms. The maximum absolute atomic E-state index is 13.3. The molecule has 0 unspecified atom stereocenters. The lowest BCUT2D eigenvalue weighted by Crippen LogP contribution is -2.49. The summed E-state index contributed by atoms with van der Waals surface area (Å²) < 4.78 is 38.9. The third kappa shape index (κ3) is 4.02. The Morgan fingerprint density at radius 3 is 2.67 bits per heavy atom. The summed E-state index contributed by atoms with van der Waals surface area (Å²) in [5.41, 5.74) is 2.06. The van der Waals surface area contributed by atoms with Crippen LogP contribution < -0.4 is 10.2 Å². The standard InChI is InChI=1S/C24H22FN3O4S/c1-2-33(31,32)21-12-16(14-26)9-10-18(21)23-22-19(7-4-8-20(22)29)28(24(30)27-23)17-6-3-5-15(11-17)13-25/h3,5-6,9-12,23H,2,4,7-8,13H2,1H3,(H,27,30)/t23-/m1/s1. The third-order valence-electron chi connectivity index (χ3n) is 5.95. The van der Waals surface area contributed by atoms with E-state index in [2.05, 4.69) is 5.32 Å². The average molecular weight is 468 g/mol. The van der Waals surface area contributed by atoms with Gasteiger partial charge in [-0.15, -0.1) is 0 Å². The highest BCUT2D eigenvalue weighted by Crippen LogP contribution is 2.41. The molecule has 0 radical (unpaired) electrons. The molecular formula is C24H22FN3O4S. The quantitative estimate of drug-likeness (QED) is 0.712. The SMILES string of the molecule is CCS(=O)(=O)c1cc(C#N)ccc1[C@H]1NC(=O)N(c2cccc(CF)c2)C2=C1C(=O)CCC2. The van der Waals surface area contributed by atoms with Crippen LogP contribution in [-0.2, 0) is 21.3 Å². The third-order valence-corrected chi connectivity index (χ3v) is 7.73. The van der Waals surface area contributed by atoms with Gasteiger partial charge in [0, 0.05) is 17.7 Å². The van der Waals surface area contributed by atoms with E-state index in [4.69, 9.17) is 0 Å². The number of carbonyl (C=O) groups excluding carboxylic acids is 2.